The van der Waals surface area contributed by atoms with Crippen LogP contribution in [-0.2, 0) is 19.4 Å². The molecule has 0 bridgehead atoms. The lowest BCUT2D eigenvalue weighted by atomic mass is 9.84. The third kappa shape index (κ3) is 3.18. The molecule has 4 rings (SSSR count). The first kappa shape index (κ1) is 17.3. The number of sulfone groups is 1. The van der Waals surface area contributed by atoms with Crippen LogP contribution in [0.25, 0.3) is 0 Å². The van der Waals surface area contributed by atoms with Crippen molar-refractivity contribution >= 4 is 33.0 Å². The number of amides is 2. The largest absolute Gasteiger partial charge is 0.369 e. The van der Waals surface area contributed by atoms with Gasteiger partial charge in [0, 0.05) is 19.5 Å². The number of benzene rings is 1. The number of fused-ring (bicyclic) bond motifs is 1. The summed E-state index contributed by atoms with van der Waals surface area (Å²) in [7, 11) is -2.96. The molecule has 0 aromatic heterocycles. The Morgan fingerprint density at radius 2 is 1.88 bits per heavy atom. The van der Waals surface area contributed by atoms with Gasteiger partial charge in [-0.1, -0.05) is 12.1 Å². The van der Waals surface area contributed by atoms with Gasteiger partial charge in [0.2, 0.25) is 11.8 Å². The van der Waals surface area contributed by atoms with E-state index in [1.807, 2.05) is 24.3 Å². The first-order valence-electron chi connectivity index (χ1n) is 9.04. The van der Waals surface area contributed by atoms with E-state index in [4.69, 9.17) is 0 Å². The van der Waals surface area contributed by atoms with Gasteiger partial charge in [-0.3, -0.25) is 9.59 Å². The lowest BCUT2D eigenvalue weighted by Crippen LogP contribution is -2.59. The fraction of sp³-hybridized carbons (Fsp3) is 0.556. The van der Waals surface area contributed by atoms with Crippen LogP contribution in [0.2, 0.25) is 0 Å². The molecule has 2 N–H and O–H groups in total. The highest BCUT2D eigenvalue weighted by Gasteiger charge is 2.45. The third-order valence-electron chi connectivity index (χ3n) is 5.74. The molecule has 0 radical (unpaired) electrons. The molecule has 1 atom stereocenters. The molecule has 0 aliphatic carbocycles. The molecule has 1 aromatic carbocycles. The standard InChI is InChI=1S/C18H23N3O4S/c22-16(11-13-5-10-26(24,25)12-13)21-8-6-18(7-9-21)17(23)19-14-3-1-2-4-15(14)20-18/h1-4,13,20H,5-12H2,(H,19,23)/t13-/m0/s1. The summed E-state index contributed by atoms with van der Waals surface area (Å²) in [5.74, 6) is 0.199. The van der Waals surface area contributed by atoms with Crippen LogP contribution in [0.5, 0.6) is 0 Å². The minimum absolute atomic E-state index is 0.00133. The summed E-state index contributed by atoms with van der Waals surface area (Å²) in [6, 6.07) is 7.60. The van der Waals surface area contributed by atoms with E-state index in [0.29, 0.717) is 32.4 Å². The monoisotopic (exact) mass is 377 g/mol. The van der Waals surface area contributed by atoms with Crippen LogP contribution in [0.1, 0.15) is 25.7 Å². The molecule has 140 valence electrons. The average Bonchev–Trinajstić information content (AvgIpc) is 2.95. The predicted molar refractivity (Wildman–Crippen MR) is 98.6 cm³/mol. The van der Waals surface area contributed by atoms with Crippen molar-refractivity contribution in [2.75, 3.05) is 35.2 Å². The summed E-state index contributed by atoms with van der Waals surface area (Å²) in [6.45, 7) is 1.00. The van der Waals surface area contributed by atoms with Gasteiger partial charge in [-0.2, -0.15) is 0 Å². The van der Waals surface area contributed by atoms with E-state index in [2.05, 4.69) is 10.6 Å². The van der Waals surface area contributed by atoms with Crippen molar-refractivity contribution in [3.63, 3.8) is 0 Å². The number of likely N-dealkylation sites (tertiary alicyclic amines) is 1. The lowest BCUT2D eigenvalue weighted by molar-refractivity contribution is -0.135. The zero-order chi connectivity index (χ0) is 18.4. The molecular weight excluding hydrogens is 354 g/mol. The maximum atomic E-state index is 12.6. The van der Waals surface area contributed by atoms with Gasteiger partial charge < -0.3 is 15.5 Å². The number of nitrogens with one attached hydrogen (secondary N) is 2. The number of carbonyl (C=O) groups is 2. The van der Waals surface area contributed by atoms with Crippen molar-refractivity contribution < 1.29 is 18.0 Å². The summed E-state index contributed by atoms with van der Waals surface area (Å²) in [6.07, 6.45) is 1.95. The molecule has 3 heterocycles. The first-order valence-corrected chi connectivity index (χ1v) is 10.9. The second kappa shape index (κ2) is 6.26. The SMILES string of the molecule is O=C(C[C@@H]1CCS(=O)(=O)C1)N1CCC2(CC1)Nc1ccccc1NC2=O. The molecular formula is C18H23N3O4S. The van der Waals surface area contributed by atoms with Crippen LogP contribution in [0.4, 0.5) is 11.4 Å². The normalized spacial score (nSPS) is 26.1. The maximum absolute atomic E-state index is 12.6. The van der Waals surface area contributed by atoms with Crippen molar-refractivity contribution in [2.45, 2.75) is 31.2 Å². The van der Waals surface area contributed by atoms with Crippen molar-refractivity contribution in [1.82, 2.24) is 4.90 Å². The van der Waals surface area contributed by atoms with Gasteiger partial charge in [0.25, 0.3) is 0 Å². The van der Waals surface area contributed by atoms with E-state index in [-0.39, 0.29) is 35.7 Å². The molecule has 3 aliphatic heterocycles. The molecule has 3 aliphatic rings. The molecule has 8 heteroatoms. The summed E-state index contributed by atoms with van der Waals surface area (Å²) in [5.41, 5.74) is 1.01. The summed E-state index contributed by atoms with van der Waals surface area (Å²) in [5, 5.41) is 6.34. The molecule has 2 amide bonds. The number of nitrogens with zero attached hydrogens (tertiary/aromatic N) is 1. The topological polar surface area (TPSA) is 95.6 Å². The Morgan fingerprint density at radius 1 is 1.19 bits per heavy atom. The minimum atomic E-state index is -2.96. The Kier molecular flexibility index (Phi) is 4.17. The van der Waals surface area contributed by atoms with E-state index in [1.54, 1.807) is 4.90 Å². The maximum Gasteiger partial charge on any atom is 0.250 e. The molecule has 2 saturated heterocycles. The molecule has 7 nitrogen and oxygen atoms in total. The summed E-state index contributed by atoms with van der Waals surface area (Å²) < 4.78 is 23.1. The number of hydrogen-bond acceptors (Lipinski definition) is 5. The first-order chi connectivity index (χ1) is 12.4. The van der Waals surface area contributed by atoms with Gasteiger partial charge in [0.05, 0.1) is 22.9 Å². The zero-order valence-corrected chi connectivity index (χ0v) is 15.3. The average molecular weight is 377 g/mol. The second-order valence-corrected chi connectivity index (χ2v) is 9.79. The molecule has 0 unspecified atom stereocenters. The number of rotatable bonds is 2. The molecule has 1 spiro atoms. The smallest absolute Gasteiger partial charge is 0.250 e. The van der Waals surface area contributed by atoms with E-state index < -0.39 is 15.4 Å². The van der Waals surface area contributed by atoms with Crippen LogP contribution in [0.15, 0.2) is 24.3 Å². The molecule has 26 heavy (non-hydrogen) atoms. The van der Waals surface area contributed by atoms with Gasteiger partial charge in [0.1, 0.15) is 5.54 Å². The van der Waals surface area contributed by atoms with Crippen LogP contribution in [-0.4, -0.2) is 55.3 Å². The number of carbonyl (C=O) groups excluding carboxylic acids is 2. The van der Waals surface area contributed by atoms with Crippen molar-refractivity contribution in [1.29, 1.82) is 0 Å². The van der Waals surface area contributed by atoms with Gasteiger partial charge >= 0.3 is 0 Å². The summed E-state index contributed by atoms with van der Waals surface area (Å²) >= 11 is 0. The van der Waals surface area contributed by atoms with E-state index >= 15 is 0 Å². The van der Waals surface area contributed by atoms with Gasteiger partial charge in [-0.05, 0) is 37.3 Å². The fourth-order valence-corrected chi connectivity index (χ4v) is 6.02. The molecule has 2 fully saturated rings. The number of piperidine rings is 1. The Morgan fingerprint density at radius 3 is 2.54 bits per heavy atom. The number of para-hydroxylation sites is 2. The Labute approximate surface area is 153 Å². The number of hydrogen-bond donors (Lipinski definition) is 2. The van der Waals surface area contributed by atoms with Crippen LogP contribution < -0.4 is 10.6 Å². The van der Waals surface area contributed by atoms with Crippen LogP contribution >= 0.6 is 0 Å². The second-order valence-electron chi connectivity index (χ2n) is 7.56. The fourth-order valence-electron chi connectivity index (χ4n) is 4.16. The van der Waals surface area contributed by atoms with Crippen molar-refractivity contribution in [3.05, 3.63) is 24.3 Å². The van der Waals surface area contributed by atoms with Gasteiger partial charge in [-0.25, -0.2) is 8.42 Å². The highest BCUT2D eigenvalue weighted by atomic mass is 32.2. The van der Waals surface area contributed by atoms with Crippen molar-refractivity contribution in [2.24, 2.45) is 5.92 Å². The molecule has 0 saturated carbocycles. The van der Waals surface area contributed by atoms with E-state index in [1.165, 1.54) is 0 Å². The Hall–Kier alpha value is -2.09. The summed E-state index contributed by atoms with van der Waals surface area (Å²) in [4.78, 5) is 26.9. The van der Waals surface area contributed by atoms with Gasteiger partial charge in [-0.15, -0.1) is 0 Å². The van der Waals surface area contributed by atoms with Crippen LogP contribution in [0, 0.1) is 5.92 Å². The highest BCUT2D eigenvalue weighted by molar-refractivity contribution is 7.91. The third-order valence-corrected chi connectivity index (χ3v) is 7.58. The van der Waals surface area contributed by atoms with Gasteiger partial charge in [0.15, 0.2) is 9.84 Å². The minimum Gasteiger partial charge on any atom is -0.369 e. The number of anilines is 2. The zero-order valence-electron chi connectivity index (χ0n) is 14.5. The Bertz CT molecular complexity index is 844. The van der Waals surface area contributed by atoms with E-state index in [0.717, 1.165) is 11.4 Å². The lowest BCUT2D eigenvalue weighted by Gasteiger charge is -2.44. The van der Waals surface area contributed by atoms with Crippen molar-refractivity contribution in [3.8, 4) is 0 Å². The van der Waals surface area contributed by atoms with Crippen LogP contribution in [0.3, 0.4) is 0 Å². The predicted octanol–water partition coefficient (Wildman–Crippen LogP) is 1.24. The molecule has 1 aromatic rings. The van der Waals surface area contributed by atoms with E-state index in [9.17, 15) is 18.0 Å². The highest BCUT2D eigenvalue weighted by Crippen LogP contribution is 2.36. The Balaban J connectivity index is 1.38. The quantitative estimate of drug-likeness (QED) is 0.808.